The van der Waals surface area contributed by atoms with Gasteiger partial charge < -0.3 is 14.5 Å². The van der Waals surface area contributed by atoms with E-state index in [1.165, 1.54) is 0 Å². The lowest BCUT2D eigenvalue weighted by Crippen LogP contribution is -2.38. The molecule has 0 atom stereocenters. The Kier molecular flexibility index (Phi) is 6.34. The summed E-state index contributed by atoms with van der Waals surface area (Å²) in [6, 6.07) is 9.75. The minimum absolute atomic E-state index is 0.0444. The largest absolute Gasteiger partial charge is 0.449 e. The van der Waals surface area contributed by atoms with E-state index in [0.29, 0.717) is 44.3 Å². The highest BCUT2D eigenvalue weighted by molar-refractivity contribution is 5.95. The van der Waals surface area contributed by atoms with Gasteiger partial charge in [0.25, 0.3) is 5.91 Å². The van der Waals surface area contributed by atoms with Crippen LogP contribution in [0, 0.1) is 12.8 Å². The number of carbonyl (C=O) groups is 2. The number of amides is 2. The van der Waals surface area contributed by atoms with Gasteiger partial charge in [0.2, 0.25) is 0 Å². The first-order chi connectivity index (χ1) is 13.5. The number of ether oxygens (including phenoxy) is 1. The van der Waals surface area contributed by atoms with Gasteiger partial charge in [-0.3, -0.25) is 4.79 Å². The van der Waals surface area contributed by atoms with Crippen molar-refractivity contribution in [2.75, 3.05) is 32.8 Å². The Morgan fingerprint density at radius 2 is 1.75 bits per heavy atom. The van der Waals surface area contributed by atoms with Crippen LogP contribution in [0.2, 0.25) is 0 Å². The predicted octanol–water partition coefficient (Wildman–Crippen LogP) is 3.12. The zero-order chi connectivity index (χ0) is 20.1. The summed E-state index contributed by atoms with van der Waals surface area (Å²) in [6.45, 7) is 8.52. The van der Waals surface area contributed by atoms with E-state index in [-0.39, 0.29) is 12.0 Å². The average Bonchev–Trinajstić information content (AvgIpc) is 2.91. The van der Waals surface area contributed by atoms with Crippen molar-refractivity contribution in [1.82, 2.24) is 19.6 Å². The molecule has 0 saturated carbocycles. The highest BCUT2D eigenvalue weighted by Gasteiger charge is 2.26. The van der Waals surface area contributed by atoms with E-state index in [9.17, 15) is 9.59 Å². The number of benzene rings is 1. The molecule has 150 valence electrons. The third-order valence-electron chi connectivity index (χ3n) is 4.82. The topological polar surface area (TPSA) is 67.7 Å². The molecular weight excluding hydrogens is 356 g/mol. The van der Waals surface area contributed by atoms with Crippen molar-refractivity contribution >= 4 is 12.0 Å². The molecule has 0 unspecified atom stereocenters. The molecule has 1 aromatic carbocycles. The summed E-state index contributed by atoms with van der Waals surface area (Å²) in [5, 5.41) is 4.39. The van der Waals surface area contributed by atoms with Crippen LogP contribution in [0.15, 0.2) is 36.5 Å². The number of para-hydroxylation sites is 1. The van der Waals surface area contributed by atoms with Crippen molar-refractivity contribution in [2.45, 2.75) is 27.2 Å². The maximum Gasteiger partial charge on any atom is 0.409 e. The van der Waals surface area contributed by atoms with E-state index in [1.54, 1.807) is 20.7 Å². The second kappa shape index (κ2) is 8.91. The maximum absolute atomic E-state index is 13.0. The summed E-state index contributed by atoms with van der Waals surface area (Å²) in [7, 11) is 0. The third-order valence-corrected chi connectivity index (χ3v) is 4.82. The summed E-state index contributed by atoms with van der Waals surface area (Å²) in [5.74, 6) is 0.259. The molecule has 7 nitrogen and oxygen atoms in total. The number of nitrogens with zero attached hydrogens (tertiary/aromatic N) is 4. The molecule has 0 radical (unpaired) electrons. The molecule has 0 N–H and O–H groups in total. The van der Waals surface area contributed by atoms with Crippen molar-refractivity contribution in [2.24, 2.45) is 5.92 Å². The standard InChI is InChI=1S/C21H28N4O3/c1-16(2)15-28-21(27)24-11-7-10-23(12-13-24)20(26)19-14-22-25(17(19)3)18-8-5-4-6-9-18/h4-6,8-9,14,16H,7,10-13,15H2,1-3H3. The SMILES string of the molecule is Cc1c(C(=O)N2CCCN(C(=O)OCC(C)C)CC2)cnn1-c1ccccc1. The molecule has 28 heavy (non-hydrogen) atoms. The van der Waals surface area contributed by atoms with Crippen LogP contribution in [-0.4, -0.2) is 64.4 Å². The predicted molar refractivity (Wildman–Crippen MR) is 107 cm³/mol. The van der Waals surface area contributed by atoms with Crippen molar-refractivity contribution in [1.29, 1.82) is 0 Å². The molecule has 1 saturated heterocycles. The molecule has 2 amide bonds. The molecular formula is C21H28N4O3. The van der Waals surface area contributed by atoms with Gasteiger partial charge in [0.15, 0.2) is 0 Å². The van der Waals surface area contributed by atoms with Crippen LogP contribution in [0.5, 0.6) is 0 Å². The van der Waals surface area contributed by atoms with Crippen molar-refractivity contribution in [3.8, 4) is 5.69 Å². The molecule has 1 aromatic heterocycles. The van der Waals surface area contributed by atoms with E-state index in [0.717, 1.165) is 17.8 Å². The van der Waals surface area contributed by atoms with E-state index in [2.05, 4.69) is 5.10 Å². The van der Waals surface area contributed by atoms with Crippen molar-refractivity contribution in [3.05, 3.63) is 47.8 Å². The fourth-order valence-electron chi connectivity index (χ4n) is 3.25. The highest BCUT2D eigenvalue weighted by Crippen LogP contribution is 2.17. The third kappa shape index (κ3) is 4.52. The summed E-state index contributed by atoms with van der Waals surface area (Å²) in [5.41, 5.74) is 2.34. The van der Waals surface area contributed by atoms with Crippen LogP contribution < -0.4 is 0 Å². The molecule has 7 heteroatoms. The Labute approximate surface area is 165 Å². The lowest BCUT2D eigenvalue weighted by Gasteiger charge is -2.22. The van der Waals surface area contributed by atoms with Crippen LogP contribution in [0.3, 0.4) is 0 Å². The minimum Gasteiger partial charge on any atom is -0.449 e. The number of hydrogen-bond acceptors (Lipinski definition) is 4. The van der Waals surface area contributed by atoms with Gasteiger partial charge in [-0.2, -0.15) is 5.10 Å². The molecule has 2 aromatic rings. The summed E-state index contributed by atoms with van der Waals surface area (Å²) in [6.07, 6.45) is 2.06. The Morgan fingerprint density at radius 1 is 1.07 bits per heavy atom. The van der Waals surface area contributed by atoms with Crippen LogP contribution >= 0.6 is 0 Å². The van der Waals surface area contributed by atoms with Gasteiger partial charge in [0.1, 0.15) is 0 Å². The monoisotopic (exact) mass is 384 g/mol. The van der Waals surface area contributed by atoms with Crippen molar-refractivity contribution in [3.63, 3.8) is 0 Å². The normalized spacial score (nSPS) is 14.9. The van der Waals surface area contributed by atoms with Crippen LogP contribution in [0.4, 0.5) is 4.79 Å². The second-order valence-corrected chi connectivity index (χ2v) is 7.49. The Bertz CT molecular complexity index is 816. The number of hydrogen-bond donors (Lipinski definition) is 0. The van der Waals surface area contributed by atoms with Gasteiger partial charge in [0.05, 0.1) is 29.7 Å². The first-order valence-electron chi connectivity index (χ1n) is 9.78. The van der Waals surface area contributed by atoms with Crippen LogP contribution in [0.1, 0.15) is 36.3 Å². The lowest BCUT2D eigenvalue weighted by molar-refractivity contribution is 0.0745. The highest BCUT2D eigenvalue weighted by atomic mass is 16.6. The van der Waals surface area contributed by atoms with Gasteiger partial charge >= 0.3 is 6.09 Å². The zero-order valence-corrected chi connectivity index (χ0v) is 16.8. The second-order valence-electron chi connectivity index (χ2n) is 7.49. The molecule has 0 aliphatic carbocycles. The van der Waals surface area contributed by atoms with Gasteiger partial charge in [-0.25, -0.2) is 9.48 Å². The molecule has 0 bridgehead atoms. The van der Waals surface area contributed by atoms with E-state index in [4.69, 9.17) is 4.74 Å². The fourth-order valence-corrected chi connectivity index (χ4v) is 3.25. The van der Waals surface area contributed by atoms with Gasteiger partial charge in [-0.15, -0.1) is 0 Å². The molecule has 3 rings (SSSR count). The number of aromatic nitrogens is 2. The molecule has 1 aliphatic heterocycles. The number of rotatable bonds is 4. The number of carbonyl (C=O) groups excluding carboxylic acids is 2. The Balaban J connectivity index is 1.66. The summed E-state index contributed by atoms with van der Waals surface area (Å²) >= 11 is 0. The summed E-state index contributed by atoms with van der Waals surface area (Å²) < 4.78 is 7.10. The van der Waals surface area contributed by atoms with Gasteiger partial charge in [0, 0.05) is 26.2 Å². The maximum atomic E-state index is 13.0. The Hall–Kier alpha value is -2.83. The van der Waals surface area contributed by atoms with Crippen LogP contribution in [-0.2, 0) is 4.74 Å². The lowest BCUT2D eigenvalue weighted by atomic mass is 10.2. The quantitative estimate of drug-likeness (QED) is 0.812. The average molecular weight is 384 g/mol. The van der Waals surface area contributed by atoms with E-state index in [1.807, 2.05) is 51.1 Å². The molecule has 0 spiro atoms. The van der Waals surface area contributed by atoms with Crippen LogP contribution in [0.25, 0.3) is 5.69 Å². The van der Waals surface area contributed by atoms with E-state index < -0.39 is 0 Å². The van der Waals surface area contributed by atoms with E-state index >= 15 is 0 Å². The first-order valence-corrected chi connectivity index (χ1v) is 9.78. The minimum atomic E-state index is -0.295. The molecule has 2 heterocycles. The fraction of sp³-hybridized carbons (Fsp3) is 0.476. The van der Waals surface area contributed by atoms with Gasteiger partial charge in [-0.05, 0) is 31.4 Å². The smallest absolute Gasteiger partial charge is 0.409 e. The summed E-state index contributed by atoms with van der Waals surface area (Å²) in [4.78, 5) is 28.7. The molecule has 1 aliphatic rings. The zero-order valence-electron chi connectivity index (χ0n) is 16.8. The van der Waals surface area contributed by atoms with Gasteiger partial charge in [-0.1, -0.05) is 32.0 Å². The molecule has 1 fully saturated rings. The Morgan fingerprint density at radius 3 is 2.46 bits per heavy atom. The van der Waals surface area contributed by atoms with Crippen molar-refractivity contribution < 1.29 is 14.3 Å². The first kappa shape index (κ1) is 19.9.